The van der Waals surface area contributed by atoms with Crippen LogP contribution in [0, 0.1) is 5.92 Å². The number of piperidine rings is 1. The highest BCUT2D eigenvalue weighted by Gasteiger charge is 2.39. The summed E-state index contributed by atoms with van der Waals surface area (Å²) in [7, 11) is 3.26. The van der Waals surface area contributed by atoms with E-state index < -0.39 is 0 Å². The third kappa shape index (κ3) is 7.67. The maximum Gasteiger partial charge on any atom is 0.411 e. The van der Waals surface area contributed by atoms with Crippen molar-refractivity contribution in [3.63, 3.8) is 0 Å². The highest BCUT2D eigenvalue weighted by molar-refractivity contribution is 5.69. The lowest BCUT2D eigenvalue weighted by molar-refractivity contribution is -0.140. The molecule has 3 heterocycles. The summed E-state index contributed by atoms with van der Waals surface area (Å²) in [6.07, 6.45) is 7.09. The Bertz CT molecular complexity index is 830. The van der Waals surface area contributed by atoms with Crippen molar-refractivity contribution in [1.29, 1.82) is 0 Å². The van der Waals surface area contributed by atoms with Gasteiger partial charge in [-0.25, -0.2) is 4.79 Å². The summed E-state index contributed by atoms with van der Waals surface area (Å²) in [6, 6.07) is 11.2. The first-order valence-corrected chi connectivity index (χ1v) is 13.7. The number of likely N-dealkylation sites (N-methyl/N-ethyl adjacent to an activating group) is 1. The molecule has 0 radical (unpaired) electrons. The molecule has 1 amide bonds. The summed E-state index contributed by atoms with van der Waals surface area (Å²) in [4.78, 5) is 32.7. The molecule has 3 aliphatic rings. The highest BCUT2D eigenvalue weighted by atomic mass is 16.6. The zero-order valence-corrected chi connectivity index (χ0v) is 22.1. The van der Waals surface area contributed by atoms with E-state index in [1.54, 1.807) is 4.90 Å². The Morgan fingerprint density at radius 2 is 1.78 bits per heavy atom. The zero-order valence-electron chi connectivity index (χ0n) is 22.1. The Morgan fingerprint density at radius 3 is 2.47 bits per heavy atom. The number of likely N-dealkylation sites (tertiary alicyclic amines) is 1. The number of hydrogen-bond donors (Lipinski definition) is 0. The van der Waals surface area contributed by atoms with Crippen LogP contribution in [-0.4, -0.2) is 104 Å². The third-order valence-electron chi connectivity index (χ3n) is 8.15. The molecule has 0 spiro atoms. The van der Waals surface area contributed by atoms with Crippen LogP contribution in [0.15, 0.2) is 30.3 Å². The van der Waals surface area contributed by atoms with E-state index in [4.69, 9.17) is 9.47 Å². The molecule has 1 aromatic carbocycles. The molecular weight excluding hydrogens is 456 g/mol. The van der Waals surface area contributed by atoms with Crippen molar-refractivity contribution in [3.8, 4) is 0 Å². The van der Waals surface area contributed by atoms with Crippen LogP contribution in [0.25, 0.3) is 0 Å². The lowest BCUT2D eigenvalue weighted by Gasteiger charge is -2.43. The minimum absolute atomic E-state index is 0.138. The fraction of sp³-hybridized carbons (Fsp3) is 0.714. The Labute approximate surface area is 216 Å². The number of amides is 1. The molecule has 8 nitrogen and oxygen atoms in total. The number of benzene rings is 1. The largest absolute Gasteiger partial charge is 0.469 e. The van der Waals surface area contributed by atoms with E-state index in [0.717, 1.165) is 51.5 Å². The fourth-order valence-electron chi connectivity index (χ4n) is 5.96. The van der Waals surface area contributed by atoms with Crippen molar-refractivity contribution in [2.75, 3.05) is 60.0 Å². The van der Waals surface area contributed by atoms with Gasteiger partial charge in [0.15, 0.2) is 6.23 Å². The summed E-state index contributed by atoms with van der Waals surface area (Å²) in [6.45, 7) is 7.78. The normalized spacial score (nSPS) is 24.7. The number of esters is 1. The van der Waals surface area contributed by atoms with Gasteiger partial charge in [-0.2, -0.15) is 0 Å². The molecule has 3 fully saturated rings. The Hall–Kier alpha value is -2.16. The average molecular weight is 501 g/mol. The first-order valence-electron chi connectivity index (χ1n) is 13.7. The molecule has 0 saturated carbocycles. The molecule has 0 bridgehead atoms. The van der Waals surface area contributed by atoms with Crippen LogP contribution in [0.3, 0.4) is 0 Å². The van der Waals surface area contributed by atoms with Gasteiger partial charge in [-0.05, 0) is 56.8 Å². The van der Waals surface area contributed by atoms with Gasteiger partial charge < -0.3 is 19.3 Å². The molecule has 1 aromatic rings. The van der Waals surface area contributed by atoms with Gasteiger partial charge in [0.1, 0.15) is 0 Å². The maximum atomic E-state index is 12.0. The number of cyclic esters (lactones) is 1. The van der Waals surface area contributed by atoms with Gasteiger partial charge in [-0.15, -0.1) is 0 Å². The van der Waals surface area contributed by atoms with Crippen LogP contribution in [0.2, 0.25) is 0 Å². The molecule has 0 N–H and O–H groups in total. The van der Waals surface area contributed by atoms with Crippen molar-refractivity contribution >= 4 is 12.1 Å². The maximum absolute atomic E-state index is 12.0. The molecule has 0 aromatic heterocycles. The van der Waals surface area contributed by atoms with Crippen molar-refractivity contribution < 1.29 is 19.1 Å². The number of rotatable bonds is 11. The molecule has 200 valence electrons. The van der Waals surface area contributed by atoms with E-state index >= 15 is 0 Å². The number of methoxy groups -OCH3 is 1. The van der Waals surface area contributed by atoms with E-state index in [9.17, 15) is 9.59 Å². The second-order valence-corrected chi connectivity index (χ2v) is 10.7. The lowest BCUT2D eigenvalue weighted by Crippen LogP contribution is -2.57. The molecular formula is C28H44N4O4. The Balaban J connectivity index is 1.23. The zero-order chi connectivity index (χ0) is 25.3. The molecule has 3 saturated heterocycles. The minimum Gasteiger partial charge on any atom is -0.469 e. The number of piperazine rings is 1. The van der Waals surface area contributed by atoms with Gasteiger partial charge in [-0.1, -0.05) is 43.2 Å². The van der Waals surface area contributed by atoms with Crippen LogP contribution < -0.4 is 0 Å². The summed E-state index contributed by atoms with van der Waals surface area (Å²) < 4.78 is 10.5. The van der Waals surface area contributed by atoms with Crippen molar-refractivity contribution in [2.24, 2.45) is 5.92 Å². The molecule has 8 heteroatoms. The van der Waals surface area contributed by atoms with E-state index in [1.165, 1.54) is 51.4 Å². The highest BCUT2D eigenvalue weighted by Crippen LogP contribution is 2.27. The summed E-state index contributed by atoms with van der Waals surface area (Å²) in [5.41, 5.74) is 1.41. The quantitative estimate of drug-likeness (QED) is 0.432. The number of carbonyl (C=O) groups excluding carboxylic acids is 2. The summed E-state index contributed by atoms with van der Waals surface area (Å²) in [5, 5.41) is 0. The average Bonchev–Trinajstić information content (AvgIpc) is 3.23. The lowest BCUT2D eigenvalue weighted by atomic mass is 9.90. The molecule has 0 aliphatic carbocycles. The van der Waals surface area contributed by atoms with Crippen LogP contribution in [-0.2, 0) is 20.8 Å². The van der Waals surface area contributed by atoms with Gasteiger partial charge in [-0.3, -0.25) is 14.6 Å². The predicted octanol–water partition coefficient (Wildman–Crippen LogP) is 3.42. The van der Waals surface area contributed by atoms with Crippen molar-refractivity contribution in [1.82, 2.24) is 19.6 Å². The Morgan fingerprint density at radius 1 is 1.00 bits per heavy atom. The summed E-state index contributed by atoms with van der Waals surface area (Å²) in [5.74, 6) is 0.668. The van der Waals surface area contributed by atoms with E-state index in [-0.39, 0.29) is 18.3 Å². The van der Waals surface area contributed by atoms with Crippen LogP contribution in [0.1, 0.15) is 50.5 Å². The standard InChI is InChI=1S/C28H44N4O4/c1-29-22-26(36-28(29)34)32-19-18-30(15-7-12-27(33)35-2)21-25(32)11-6-10-23-13-16-31(17-14-23)20-24-8-4-3-5-9-24/h3-5,8-9,23,25-26H,6-7,10-22H2,1-2H3. The van der Waals surface area contributed by atoms with E-state index in [2.05, 4.69) is 45.0 Å². The number of nitrogens with zero attached hydrogens (tertiary/aromatic N) is 4. The van der Waals surface area contributed by atoms with Gasteiger partial charge >= 0.3 is 12.1 Å². The van der Waals surface area contributed by atoms with Crippen LogP contribution >= 0.6 is 0 Å². The predicted molar refractivity (Wildman–Crippen MR) is 139 cm³/mol. The van der Waals surface area contributed by atoms with Crippen molar-refractivity contribution in [3.05, 3.63) is 35.9 Å². The van der Waals surface area contributed by atoms with Crippen LogP contribution in [0.5, 0.6) is 0 Å². The second kappa shape index (κ2) is 13.4. The smallest absolute Gasteiger partial charge is 0.411 e. The first kappa shape index (κ1) is 26.9. The SMILES string of the molecule is COC(=O)CCCN1CCN(C2CN(C)C(=O)O2)C(CCCC2CCN(Cc3ccccc3)CC2)C1. The topological polar surface area (TPSA) is 65.6 Å². The molecule has 4 rings (SSSR count). The first-order chi connectivity index (χ1) is 17.5. The molecule has 2 unspecified atom stereocenters. The Kier molecular flexibility index (Phi) is 10.0. The number of hydrogen-bond acceptors (Lipinski definition) is 7. The van der Waals surface area contributed by atoms with E-state index in [1.807, 2.05) is 7.05 Å². The second-order valence-electron chi connectivity index (χ2n) is 10.7. The fourth-order valence-corrected chi connectivity index (χ4v) is 5.96. The van der Waals surface area contributed by atoms with Gasteiger partial charge in [0.05, 0.1) is 13.7 Å². The van der Waals surface area contributed by atoms with Gasteiger partial charge in [0.2, 0.25) is 0 Å². The third-order valence-corrected chi connectivity index (χ3v) is 8.15. The van der Waals surface area contributed by atoms with Crippen molar-refractivity contribution in [2.45, 2.75) is 63.8 Å². The number of carbonyl (C=O) groups is 2. The minimum atomic E-state index is -0.221. The van der Waals surface area contributed by atoms with Gasteiger partial charge in [0, 0.05) is 45.7 Å². The van der Waals surface area contributed by atoms with Gasteiger partial charge in [0.25, 0.3) is 0 Å². The molecule has 2 atom stereocenters. The molecule has 3 aliphatic heterocycles. The van der Waals surface area contributed by atoms with E-state index in [0.29, 0.717) is 19.0 Å². The number of ether oxygens (including phenoxy) is 2. The van der Waals surface area contributed by atoms with Crippen LogP contribution in [0.4, 0.5) is 4.79 Å². The summed E-state index contributed by atoms with van der Waals surface area (Å²) >= 11 is 0. The monoisotopic (exact) mass is 500 g/mol. The molecule has 36 heavy (non-hydrogen) atoms.